The molecule has 0 atom stereocenters. The summed E-state index contributed by atoms with van der Waals surface area (Å²) in [6, 6.07) is 8.02. The molecule has 0 spiro atoms. The molecule has 3 heteroatoms. The molecule has 0 saturated carbocycles. The third kappa shape index (κ3) is 2.96. The fourth-order valence-corrected chi connectivity index (χ4v) is 2.77. The van der Waals surface area contributed by atoms with Crippen molar-refractivity contribution < 1.29 is 0 Å². The largest absolute Gasteiger partial charge is 0.126 e. The molecule has 1 aromatic carbocycles. The topological polar surface area (TPSA) is 0 Å². The van der Waals surface area contributed by atoms with E-state index in [2.05, 4.69) is 25.1 Å². The smallest absolute Gasteiger partial charge is 0.108 e. The Morgan fingerprint density at radius 1 is 1.31 bits per heavy atom. The van der Waals surface area contributed by atoms with Gasteiger partial charge >= 0.3 is 0 Å². The second-order valence-electron chi connectivity index (χ2n) is 3.92. The van der Waals surface area contributed by atoms with Crippen LogP contribution >= 0.6 is 23.4 Å². The Bertz CT molecular complexity index is 446. The van der Waals surface area contributed by atoms with Gasteiger partial charge in [-0.3, -0.25) is 0 Å². The molecule has 0 unspecified atom stereocenters. The van der Waals surface area contributed by atoms with Crippen LogP contribution in [0.4, 0.5) is 0 Å². The zero-order valence-corrected chi connectivity index (χ0v) is 10.7. The van der Waals surface area contributed by atoms with Crippen molar-refractivity contribution in [3.05, 3.63) is 56.9 Å². The highest BCUT2D eigenvalue weighted by Gasteiger charge is 2.09. The van der Waals surface area contributed by atoms with Gasteiger partial charge in [-0.1, -0.05) is 29.8 Å². The highest BCUT2D eigenvalue weighted by Crippen LogP contribution is 2.30. The second-order valence-corrected chi connectivity index (χ2v) is 5.42. The minimum absolute atomic E-state index is 0.787. The first-order valence-corrected chi connectivity index (χ1v) is 6.54. The van der Waals surface area contributed by atoms with Gasteiger partial charge in [0, 0.05) is 17.2 Å². The Balaban J connectivity index is 2.16. The molecule has 16 heavy (non-hydrogen) atoms. The molecule has 0 aromatic heterocycles. The van der Waals surface area contributed by atoms with E-state index in [4.69, 9.17) is 19.4 Å². The van der Waals surface area contributed by atoms with Gasteiger partial charge < -0.3 is 0 Å². The third-order valence-electron chi connectivity index (χ3n) is 2.53. The zero-order chi connectivity index (χ0) is 11.5. The van der Waals surface area contributed by atoms with Crippen molar-refractivity contribution in [3.8, 4) is 0 Å². The van der Waals surface area contributed by atoms with Crippen LogP contribution in [-0.4, -0.2) is 13.6 Å². The first kappa shape index (κ1) is 11.9. The van der Waals surface area contributed by atoms with Crippen LogP contribution < -0.4 is 0 Å². The van der Waals surface area contributed by atoms with Gasteiger partial charge in [0.1, 0.15) is 7.85 Å². The van der Waals surface area contributed by atoms with Crippen LogP contribution in [0.1, 0.15) is 12.5 Å². The van der Waals surface area contributed by atoms with E-state index in [-0.39, 0.29) is 0 Å². The summed E-state index contributed by atoms with van der Waals surface area (Å²) in [5.41, 5.74) is 3.53. The minimum atomic E-state index is 0.787. The lowest BCUT2D eigenvalue weighted by atomic mass is 9.94. The van der Waals surface area contributed by atoms with Gasteiger partial charge in [0.25, 0.3) is 0 Å². The summed E-state index contributed by atoms with van der Waals surface area (Å²) in [4.78, 5) is 1.40. The quantitative estimate of drug-likeness (QED) is 0.712. The van der Waals surface area contributed by atoms with Crippen molar-refractivity contribution in [1.82, 2.24) is 0 Å². The average Bonchev–Trinajstić information content (AvgIpc) is 2.25. The van der Waals surface area contributed by atoms with Gasteiger partial charge in [0.05, 0.1) is 0 Å². The number of halogens is 1. The van der Waals surface area contributed by atoms with E-state index in [1.165, 1.54) is 16.0 Å². The van der Waals surface area contributed by atoms with Gasteiger partial charge in [-0.15, -0.1) is 17.2 Å². The molecule has 0 amide bonds. The summed E-state index contributed by atoms with van der Waals surface area (Å²) in [5, 5.41) is 0.787. The highest BCUT2D eigenvalue weighted by atomic mass is 35.5. The first-order chi connectivity index (χ1) is 7.65. The summed E-state index contributed by atoms with van der Waals surface area (Å²) in [7, 11) is 5.79. The average molecular weight is 247 g/mol. The van der Waals surface area contributed by atoms with Crippen LogP contribution in [0.25, 0.3) is 0 Å². The summed E-state index contributed by atoms with van der Waals surface area (Å²) in [6.07, 6.45) is 3.04. The zero-order valence-electron chi connectivity index (χ0n) is 9.16. The lowest BCUT2D eigenvalue weighted by molar-refractivity contribution is 1.21. The molecule has 0 N–H and O–H groups in total. The van der Waals surface area contributed by atoms with Crippen molar-refractivity contribution in [2.24, 2.45) is 0 Å². The van der Waals surface area contributed by atoms with Crippen LogP contribution in [-0.2, 0) is 6.42 Å². The molecule has 1 aliphatic heterocycles. The van der Waals surface area contributed by atoms with Crippen molar-refractivity contribution in [1.29, 1.82) is 0 Å². The van der Waals surface area contributed by atoms with Gasteiger partial charge in [-0.25, -0.2) is 0 Å². The molecule has 1 aromatic rings. The van der Waals surface area contributed by atoms with Crippen LogP contribution in [0.5, 0.6) is 0 Å². The maximum absolute atomic E-state index is 5.86. The van der Waals surface area contributed by atoms with Crippen LogP contribution in [0, 0.1) is 0 Å². The molecule has 0 nitrogen and oxygen atoms in total. The van der Waals surface area contributed by atoms with E-state index in [0.29, 0.717) is 0 Å². The molecule has 0 saturated heterocycles. The fourth-order valence-electron chi connectivity index (χ4n) is 1.66. The molecule has 2 rings (SSSR count). The number of rotatable bonds is 2. The maximum atomic E-state index is 5.86. The molecule has 0 fully saturated rings. The lowest BCUT2D eigenvalue weighted by Crippen LogP contribution is -1.99. The number of hydrogen-bond donors (Lipinski definition) is 0. The Morgan fingerprint density at radius 3 is 2.62 bits per heavy atom. The third-order valence-corrected chi connectivity index (χ3v) is 4.08. The predicted octanol–water partition coefficient (Wildman–Crippen LogP) is 3.96. The van der Waals surface area contributed by atoms with Crippen LogP contribution in [0.3, 0.4) is 0 Å². The predicted molar refractivity (Wildman–Crippen MR) is 74.2 cm³/mol. The molecule has 1 aliphatic rings. The Morgan fingerprint density at radius 2 is 2.00 bits per heavy atom. The summed E-state index contributed by atoms with van der Waals surface area (Å²) < 4.78 is 0. The number of hydrogen-bond acceptors (Lipinski definition) is 1. The van der Waals surface area contributed by atoms with E-state index >= 15 is 0 Å². The molecule has 0 bridgehead atoms. The number of allylic oxidation sites excluding steroid dienone is 3. The number of benzene rings is 1. The fraction of sp³-hybridized carbons (Fsp3) is 0.231. The second kappa shape index (κ2) is 5.16. The molecule has 2 radical (unpaired) electrons. The van der Waals surface area contributed by atoms with E-state index in [9.17, 15) is 0 Å². The summed E-state index contributed by atoms with van der Waals surface area (Å²) >= 11 is 7.69. The molecule has 0 aliphatic carbocycles. The molecule has 1 heterocycles. The van der Waals surface area contributed by atoms with E-state index in [1.54, 1.807) is 0 Å². The normalized spacial score (nSPS) is 16.2. The standard InChI is InChI=1S/C13H12BClS/c1-9-6-11(14)8-16-13(9)7-10-2-4-12(15)5-3-10/h2-6H,7-8H2,1H3. The maximum Gasteiger partial charge on any atom is 0.108 e. The van der Waals surface area contributed by atoms with Crippen molar-refractivity contribution >= 4 is 31.2 Å². The van der Waals surface area contributed by atoms with Gasteiger partial charge in [0.2, 0.25) is 0 Å². The van der Waals surface area contributed by atoms with E-state index in [1.807, 2.05) is 23.9 Å². The minimum Gasteiger partial charge on any atom is -0.126 e. The molecular weight excluding hydrogens is 234 g/mol. The van der Waals surface area contributed by atoms with Crippen molar-refractivity contribution in [3.63, 3.8) is 0 Å². The van der Waals surface area contributed by atoms with Gasteiger partial charge in [-0.05, 0) is 35.1 Å². The van der Waals surface area contributed by atoms with Crippen LogP contribution in [0.15, 0.2) is 46.3 Å². The van der Waals surface area contributed by atoms with E-state index in [0.717, 1.165) is 22.7 Å². The Labute approximate surface area is 107 Å². The van der Waals surface area contributed by atoms with Crippen molar-refractivity contribution in [2.45, 2.75) is 13.3 Å². The van der Waals surface area contributed by atoms with E-state index < -0.39 is 0 Å². The Kier molecular flexibility index (Phi) is 3.83. The van der Waals surface area contributed by atoms with Crippen molar-refractivity contribution in [2.75, 3.05) is 5.75 Å². The monoisotopic (exact) mass is 246 g/mol. The van der Waals surface area contributed by atoms with Gasteiger partial charge in [0.15, 0.2) is 0 Å². The summed E-state index contributed by atoms with van der Waals surface area (Å²) in [5.74, 6) is 0.903. The SMILES string of the molecule is [B]C1=CC(C)=C(Cc2ccc(Cl)cc2)SC1. The molecular formula is C13H12BClS. The number of thioether (sulfide) groups is 1. The first-order valence-electron chi connectivity index (χ1n) is 5.18. The summed E-state index contributed by atoms with van der Waals surface area (Å²) in [6.45, 7) is 2.12. The lowest BCUT2D eigenvalue weighted by Gasteiger charge is -2.16. The highest BCUT2D eigenvalue weighted by molar-refractivity contribution is 8.03. The van der Waals surface area contributed by atoms with Crippen LogP contribution in [0.2, 0.25) is 5.02 Å². The molecule has 80 valence electrons. The van der Waals surface area contributed by atoms with Gasteiger partial charge in [-0.2, -0.15) is 0 Å². The Hall–Kier alpha value is -0.595.